The number of furan rings is 1. The molecular weight excluding hydrogens is 272 g/mol. The van der Waals surface area contributed by atoms with Crippen molar-refractivity contribution in [2.24, 2.45) is 5.41 Å². The first kappa shape index (κ1) is 15.5. The molecule has 1 unspecified atom stereocenters. The Hall–Kier alpha value is -1.56. The van der Waals surface area contributed by atoms with Gasteiger partial charge in [0, 0.05) is 11.9 Å². The molecule has 19 heavy (non-hydrogen) atoms. The van der Waals surface area contributed by atoms with Gasteiger partial charge in [0.25, 0.3) is 5.91 Å². The highest BCUT2D eigenvalue weighted by molar-refractivity contribution is 6.17. The van der Waals surface area contributed by atoms with Crippen LogP contribution in [-0.4, -0.2) is 22.8 Å². The number of hydrogen-bond acceptors (Lipinski definition) is 4. The molecule has 0 saturated carbocycles. The van der Waals surface area contributed by atoms with E-state index in [0.717, 1.165) is 6.07 Å². The summed E-state index contributed by atoms with van der Waals surface area (Å²) in [5.41, 5.74) is -0.164. The van der Waals surface area contributed by atoms with Crippen molar-refractivity contribution >= 4 is 23.4 Å². The van der Waals surface area contributed by atoms with E-state index in [1.165, 1.54) is 6.07 Å². The summed E-state index contributed by atoms with van der Waals surface area (Å²) in [7, 11) is 0. The lowest BCUT2D eigenvalue weighted by atomic mass is 9.85. The van der Waals surface area contributed by atoms with Crippen LogP contribution in [0.2, 0.25) is 0 Å². The maximum atomic E-state index is 11.9. The molecule has 0 spiro atoms. The van der Waals surface area contributed by atoms with Gasteiger partial charge in [0.1, 0.15) is 4.92 Å². The summed E-state index contributed by atoms with van der Waals surface area (Å²) < 4.78 is 4.85. The molecule has 1 heterocycles. The Labute approximate surface area is 116 Å². The molecule has 0 saturated heterocycles. The second kappa shape index (κ2) is 6.06. The smallest absolute Gasteiger partial charge is 0.395 e. The lowest BCUT2D eigenvalue weighted by Crippen LogP contribution is -2.43. The number of nitrogens with one attached hydrogen (secondary N) is 1. The van der Waals surface area contributed by atoms with Crippen LogP contribution in [-0.2, 0) is 0 Å². The minimum absolute atomic E-state index is 0.0736. The van der Waals surface area contributed by atoms with Gasteiger partial charge in [-0.25, -0.2) is 0 Å². The molecule has 1 aromatic heterocycles. The number of alkyl halides is 1. The lowest BCUT2D eigenvalue weighted by molar-refractivity contribution is -0.402. The molecule has 0 fully saturated rings. The fraction of sp³-hybridized carbons (Fsp3) is 0.583. The molecule has 1 rings (SSSR count). The fourth-order valence-corrected chi connectivity index (χ4v) is 1.83. The van der Waals surface area contributed by atoms with Gasteiger partial charge < -0.3 is 9.73 Å². The van der Waals surface area contributed by atoms with Crippen LogP contribution in [0.3, 0.4) is 0 Å². The van der Waals surface area contributed by atoms with Crippen molar-refractivity contribution in [3.63, 3.8) is 0 Å². The number of nitrogens with zero attached hydrogens (tertiary/aromatic N) is 1. The van der Waals surface area contributed by atoms with Crippen LogP contribution in [0.4, 0.5) is 5.88 Å². The van der Waals surface area contributed by atoms with E-state index in [9.17, 15) is 14.9 Å². The maximum absolute atomic E-state index is 11.9. The predicted molar refractivity (Wildman–Crippen MR) is 71.4 cm³/mol. The predicted octanol–water partition coefficient (Wildman–Crippen LogP) is 2.96. The molecule has 6 nitrogen and oxygen atoms in total. The van der Waals surface area contributed by atoms with Crippen LogP contribution in [0.15, 0.2) is 16.5 Å². The number of nitro groups is 1. The second-order valence-electron chi connectivity index (χ2n) is 5.26. The van der Waals surface area contributed by atoms with Crippen molar-refractivity contribution in [3.05, 3.63) is 28.0 Å². The minimum Gasteiger partial charge on any atom is -0.395 e. The molecule has 7 heteroatoms. The third-order valence-corrected chi connectivity index (χ3v) is 2.96. The molecule has 1 aromatic rings. The third kappa shape index (κ3) is 4.24. The molecule has 106 valence electrons. The molecule has 1 amide bonds. The largest absolute Gasteiger partial charge is 0.433 e. The SMILES string of the molecule is CC(C)(C)C(CCCl)NC(=O)c1ccc([N+](=O)[O-])o1. The summed E-state index contributed by atoms with van der Waals surface area (Å²) in [4.78, 5) is 21.7. The molecule has 0 aliphatic carbocycles. The van der Waals surface area contributed by atoms with Crippen LogP contribution in [0, 0.1) is 15.5 Å². The number of rotatable bonds is 5. The Kier molecular flexibility index (Phi) is 4.94. The molecule has 0 aliphatic rings. The lowest BCUT2D eigenvalue weighted by Gasteiger charge is -2.30. The quantitative estimate of drug-likeness (QED) is 0.513. The average Bonchev–Trinajstić information content (AvgIpc) is 2.76. The number of amides is 1. The number of carbonyl (C=O) groups is 1. The van der Waals surface area contributed by atoms with Crippen LogP contribution in [0.1, 0.15) is 37.7 Å². The third-order valence-electron chi connectivity index (χ3n) is 2.74. The van der Waals surface area contributed by atoms with Gasteiger partial charge >= 0.3 is 5.88 Å². The highest BCUT2D eigenvalue weighted by Gasteiger charge is 2.27. The van der Waals surface area contributed by atoms with Crippen molar-refractivity contribution in [1.82, 2.24) is 5.32 Å². The van der Waals surface area contributed by atoms with Crippen molar-refractivity contribution in [3.8, 4) is 0 Å². The zero-order valence-corrected chi connectivity index (χ0v) is 11.9. The molecule has 1 atom stereocenters. The van der Waals surface area contributed by atoms with Crippen molar-refractivity contribution in [1.29, 1.82) is 0 Å². The van der Waals surface area contributed by atoms with Gasteiger partial charge in [0.2, 0.25) is 0 Å². The second-order valence-corrected chi connectivity index (χ2v) is 5.64. The van der Waals surface area contributed by atoms with E-state index in [-0.39, 0.29) is 17.2 Å². The Bertz CT molecular complexity index is 465. The van der Waals surface area contributed by atoms with E-state index < -0.39 is 16.7 Å². The van der Waals surface area contributed by atoms with Gasteiger partial charge in [-0.15, -0.1) is 11.6 Å². The zero-order chi connectivity index (χ0) is 14.6. The van der Waals surface area contributed by atoms with E-state index in [1.807, 2.05) is 20.8 Å². The zero-order valence-electron chi connectivity index (χ0n) is 11.1. The first-order valence-corrected chi connectivity index (χ1v) is 6.40. The minimum atomic E-state index is -0.684. The fourth-order valence-electron chi connectivity index (χ4n) is 1.61. The average molecular weight is 289 g/mol. The summed E-state index contributed by atoms with van der Waals surface area (Å²) >= 11 is 5.71. The van der Waals surface area contributed by atoms with Gasteiger partial charge in [0.05, 0.1) is 6.07 Å². The number of carbonyl (C=O) groups excluding carboxylic acids is 1. The first-order valence-electron chi connectivity index (χ1n) is 5.86. The number of hydrogen-bond donors (Lipinski definition) is 1. The molecule has 1 N–H and O–H groups in total. The van der Waals surface area contributed by atoms with E-state index in [0.29, 0.717) is 12.3 Å². The van der Waals surface area contributed by atoms with Gasteiger partial charge in [-0.05, 0) is 17.9 Å². The van der Waals surface area contributed by atoms with Crippen molar-refractivity contribution in [2.45, 2.75) is 33.2 Å². The van der Waals surface area contributed by atoms with Gasteiger partial charge in [-0.3, -0.25) is 14.9 Å². The number of halogens is 1. The van der Waals surface area contributed by atoms with E-state index in [2.05, 4.69) is 5.32 Å². The van der Waals surface area contributed by atoms with Crippen LogP contribution >= 0.6 is 11.6 Å². The molecular formula is C12H17ClN2O4. The van der Waals surface area contributed by atoms with Crippen molar-refractivity contribution < 1.29 is 14.1 Å². The molecule has 0 aliphatic heterocycles. The maximum Gasteiger partial charge on any atom is 0.433 e. The summed E-state index contributed by atoms with van der Waals surface area (Å²) in [5, 5.41) is 13.3. The van der Waals surface area contributed by atoms with Crippen LogP contribution in [0.5, 0.6) is 0 Å². The first-order chi connectivity index (χ1) is 8.75. The molecule has 0 bridgehead atoms. The summed E-state index contributed by atoms with van der Waals surface area (Å²) in [6.45, 7) is 5.94. The summed E-state index contributed by atoms with van der Waals surface area (Å²) in [6.07, 6.45) is 0.611. The van der Waals surface area contributed by atoms with Crippen LogP contribution in [0.25, 0.3) is 0 Å². The van der Waals surface area contributed by atoms with Gasteiger partial charge in [0.15, 0.2) is 5.76 Å². The molecule has 0 radical (unpaired) electrons. The van der Waals surface area contributed by atoms with Gasteiger partial charge in [-0.1, -0.05) is 20.8 Å². The van der Waals surface area contributed by atoms with Crippen LogP contribution < -0.4 is 5.32 Å². The van der Waals surface area contributed by atoms with E-state index >= 15 is 0 Å². The van der Waals surface area contributed by atoms with E-state index in [4.69, 9.17) is 16.0 Å². The van der Waals surface area contributed by atoms with Gasteiger partial charge in [-0.2, -0.15) is 0 Å². The van der Waals surface area contributed by atoms with E-state index in [1.54, 1.807) is 0 Å². The Balaban J connectivity index is 2.78. The summed E-state index contributed by atoms with van der Waals surface area (Å²) in [5.74, 6) is -0.580. The Morgan fingerprint density at radius 1 is 1.53 bits per heavy atom. The summed E-state index contributed by atoms with van der Waals surface area (Å²) in [6, 6.07) is 2.30. The highest BCUT2D eigenvalue weighted by atomic mass is 35.5. The Morgan fingerprint density at radius 2 is 2.16 bits per heavy atom. The Morgan fingerprint density at radius 3 is 2.58 bits per heavy atom. The van der Waals surface area contributed by atoms with Crippen molar-refractivity contribution in [2.75, 3.05) is 5.88 Å². The normalized spacial score (nSPS) is 13.1. The standard InChI is InChI=1S/C12H17ClN2O4/c1-12(2,3)9(6-7-13)14-11(16)8-4-5-10(19-8)15(17)18/h4-5,9H,6-7H2,1-3H3,(H,14,16). The molecule has 0 aromatic carbocycles. The topological polar surface area (TPSA) is 85.4 Å². The highest BCUT2D eigenvalue weighted by Crippen LogP contribution is 2.23. The monoisotopic (exact) mass is 288 g/mol.